The molecule has 1 N–H and O–H groups in total. The van der Waals surface area contributed by atoms with Gasteiger partial charge in [-0.25, -0.2) is 14.2 Å². The Hall–Kier alpha value is -3.61. The predicted octanol–water partition coefficient (Wildman–Crippen LogP) is 4.00. The number of benzene rings is 2. The van der Waals surface area contributed by atoms with Crippen LogP contribution < -0.4 is 0 Å². The van der Waals surface area contributed by atoms with Gasteiger partial charge in [-0.15, -0.1) is 0 Å². The van der Waals surface area contributed by atoms with Gasteiger partial charge in [0.15, 0.2) is 5.84 Å². The van der Waals surface area contributed by atoms with E-state index in [1.54, 1.807) is 38.1 Å². The monoisotopic (exact) mass is 394 g/mol. The summed E-state index contributed by atoms with van der Waals surface area (Å²) in [5.41, 5.74) is 1.37. The van der Waals surface area contributed by atoms with Gasteiger partial charge in [-0.2, -0.15) is 4.99 Å². The van der Waals surface area contributed by atoms with Crippen LogP contribution in [0.4, 0.5) is 4.39 Å². The molecule has 0 saturated heterocycles. The minimum Gasteiger partial charge on any atom is -0.512 e. The third-order valence-electron chi connectivity index (χ3n) is 4.08. The highest BCUT2D eigenvalue weighted by Gasteiger charge is 2.31. The number of hydrogen-bond acceptors (Lipinski definition) is 4. The fourth-order valence-electron chi connectivity index (χ4n) is 2.83. The zero-order valence-electron chi connectivity index (χ0n) is 16.1. The minimum atomic E-state index is -0.723. The highest BCUT2D eigenvalue weighted by Crippen LogP contribution is 2.26. The molecular weight excluding hydrogens is 375 g/mol. The van der Waals surface area contributed by atoms with Gasteiger partial charge in [0.05, 0.1) is 11.8 Å². The lowest BCUT2D eigenvalue weighted by Gasteiger charge is -2.12. The summed E-state index contributed by atoms with van der Waals surface area (Å²) in [6.07, 6.45) is -0.387. The van der Waals surface area contributed by atoms with E-state index in [0.29, 0.717) is 11.1 Å². The molecule has 1 aliphatic heterocycles. The van der Waals surface area contributed by atoms with Crippen LogP contribution in [-0.2, 0) is 9.53 Å². The largest absolute Gasteiger partial charge is 0.512 e. The molecule has 0 atom stereocenters. The Balaban J connectivity index is 2.07. The normalized spacial score (nSPS) is 15.1. The maximum absolute atomic E-state index is 13.1. The van der Waals surface area contributed by atoms with Gasteiger partial charge >= 0.3 is 5.97 Å². The topological polar surface area (TPSA) is 88.3 Å². The molecular formula is C22H19FN2O4. The summed E-state index contributed by atoms with van der Waals surface area (Å²) in [6.45, 7) is 4.75. The van der Waals surface area contributed by atoms with Gasteiger partial charge in [-0.05, 0) is 45.0 Å². The van der Waals surface area contributed by atoms with E-state index in [2.05, 4.69) is 9.98 Å². The molecule has 7 heteroatoms. The number of allylic oxidation sites excluding steroid dienone is 1. The number of esters is 1. The molecule has 1 heterocycles. The molecule has 2 aromatic carbocycles. The zero-order valence-corrected chi connectivity index (χ0v) is 16.1. The lowest BCUT2D eigenvalue weighted by Crippen LogP contribution is -2.21. The Morgan fingerprint density at radius 2 is 1.69 bits per heavy atom. The van der Waals surface area contributed by atoms with E-state index in [-0.39, 0.29) is 34.5 Å². The van der Waals surface area contributed by atoms with Crippen LogP contribution in [0.2, 0.25) is 0 Å². The first-order valence-corrected chi connectivity index (χ1v) is 8.96. The Morgan fingerprint density at radius 1 is 1.07 bits per heavy atom. The number of amides is 1. The summed E-state index contributed by atoms with van der Waals surface area (Å²) in [6, 6.07) is 11.9. The number of aliphatic imine (C=N–C) groups is 2. The SMILES string of the molecule is C/C(O)=C(/C(=O)OC(C)C)C1=NC(=NC(=O)c2ccc(F)cc2)c2ccccc21. The molecule has 0 unspecified atom stereocenters. The molecule has 1 amide bonds. The van der Waals surface area contributed by atoms with E-state index in [4.69, 9.17) is 4.74 Å². The molecule has 148 valence electrons. The van der Waals surface area contributed by atoms with Crippen LogP contribution in [-0.4, -0.2) is 34.6 Å². The fraction of sp³-hybridized carbons (Fsp3) is 0.182. The van der Waals surface area contributed by atoms with Crippen molar-refractivity contribution in [2.24, 2.45) is 9.98 Å². The summed E-state index contributed by atoms with van der Waals surface area (Å²) in [5.74, 6) is -1.94. The molecule has 0 aromatic heterocycles. The molecule has 2 aromatic rings. The Morgan fingerprint density at radius 3 is 2.28 bits per heavy atom. The first kappa shape index (κ1) is 20.1. The molecule has 0 aliphatic carbocycles. The van der Waals surface area contributed by atoms with Crippen molar-refractivity contribution in [3.8, 4) is 0 Å². The minimum absolute atomic E-state index is 0.0921. The number of aliphatic hydroxyl groups is 1. The fourth-order valence-corrected chi connectivity index (χ4v) is 2.83. The van der Waals surface area contributed by atoms with Gasteiger partial charge in [0.2, 0.25) is 0 Å². The van der Waals surface area contributed by atoms with Crippen molar-refractivity contribution in [1.82, 2.24) is 0 Å². The zero-order chi connectivity index (χ0) is 21.1. The number of ether oxygens (including phenoxy) is 1. The second kappa shape index (κ2) is 8.18. The van der Waals surface area contributed by atoms with Crippen molar-refractivity contribution in [2.45, 2.75) is 26.9 Å². The maximum atomic E-state index is 13.1. The Labute approximate surface area is 167 Å². The number of fused-ring (bicyclic) bond motifs is 1. The molecule has 29 heavy (non-hydrogen) atoms. The Kier molecular flexibility index (Phi) is 5.68. The third kappa shape index (κ3) is 4.29. The van der Waals surface area contributed by atoms with Gasteiger partial charge in [-0.3, -0.25) is 4.79 Å². The predicted molar refractivity (Wildman–Crippen MR) is 107 cm³/mol. The number of hydrogen-bond donors (Lipinski definition) is 1. The third-order valence-corrected chi connectivity index (χ3v) is 4.08. The van der Waals surface area contributed by atoms with Gasteiger partial charge in [0, 0.05) is 16.7 Å². The van der Waals surface area contributed by atoms with Crippen LogP contribution >= 0.6 is 0 Å². The highest BCUT2D eigenvalue weighted by atomic mass is 19.1. The summed E-state index contributed by atoms with van der Waals surface area (Å²) in [5, 5.41) is 10.1. The number of rotatable bonds is 4. The van der Waals surface area contributed by atoms with Crippen LogP contribution in [0.25, 0.3) is 0 Å². The van der Waals surface area contributed by atoms with Gasteiger partial charge in [0.25, 0.3) is 5.91 Å². The van der Waals surface area contributed by atoms with E-state index in [1.165, 1.54) is 31.2 Å². The summed E-state index contributed by atoms with van der Waals surface area (Å²) in [4.78, 5) is 33.4. The number of halogens is 1. The average Bonchev–Trinajstić information content (AvgIpc) is 3.00. The summed E-state index contributed by atoms with van der Waals surface area (Å²) in [7, 11) is 0. The van der Waals surface area contributed by atoms with Crippen LogP contribution in [0.3, 0.4) is 0 Å². The van der Waals surface area contributed by atoms with Gasteiger partial charge in [0.1, 0.15) is 17.1 Å². The number of carbonyl (C=O) groups is 2. The van der Waals surface area contributed by atoms with Crippen LogP contribution in [0.1, 0.15) is 42.3 Å². The molecule has 1 aliphatic rings. The quantitative estimate of drug-likeness (QED) is 0.482. The first-order valence-electron chi connectivity index (χ1n) is 8.96. The van der Waals surface area contributed by atoms with Crippen molar-refractivity contribution >= 4 is 23.4 Å². The second-order valence-electron chi connectivity index (χ2n) is 6.67. The highest BCUT2D eigenvalue weighted by molar-refractivity contribution is 6.36. The van der Waals surface area contributed by atoms with Crippen LogP contribution in [0, 0.1) is 5.82 Å². The smallest absolute Gasteiger partial charge is 0.344 e. The molecule has 0 bridgehead atoms. The summed E-state index contributed by atoms with van der Waals surface area (Å²) < 4.78 is 18.3. The average molecular weight is 394 g/mol. The number of carbonyl (C=O) groups excluding carboxylic acids is 2. The van der Waals surface area contributed by atoms with Gasteiger partial charge in [-0.1, -0.05) is 24.3 Å². The molecule has 0 radical (unpaired) electrons. The number of nitrogens with zero attached hydrogens (tertiary/aromatic N) is 2. The van der Waals surface area contributed by atoms with Crippen molar-refractivity contribution in [1.29, 1.82) is 0 Å². The first-order chi connectivity index (χ1) is 13.8. The Bertz CT molecular complexity index is 1060. The van der Waals surface area contributed by atoms with Crippen molar-refractivity contribution < 1.29 is 23.8 Å². The molecule has 0 spiro atoms. The molecule has 3 rings (SSSR count). The standard InChI is InChI=1S/C22H19FN2O4/c1-12(2)29-22(28)18(13(3)26)19-16-6-4-5-7-17(16)20(24-19)25-21(27)14-8-10-15(23)11-9-14/h4-12,26H,1-3H3/b18-13-,25-20?. The second-order valence-corrected chi connectivity index (χ2v) is 6.67. The van der Waals surface area contributed by atoms with Crippen molar-refractivity contribution in [3.63, 3.8) is 0 Å². The lowest BCUT2D eigenvalue weighted by atomic mass is 9.99. The lowest BCUT2D eigenvalue weighted by molar-refractivity contribution is -0.142. The maximum Gasteiger partial charge on any atom is 0.344 e. The van der Waals surface area contributed by atoms with Gasteiger partial charge < -0.3 is 9.84 Å². The van der Waals surface area contributed by atoms with Crippen molar-refractivity contribution in [3.05, 3.63) is 82.4 Å². The molecule has 6 nitrogen and oxygen atoms in total. The van der Waals surface area contributed by atoms with E-state index in [9.17, 15) is 19.1 Å². The number of aliphatic hydroxyl groups excluding tert-OH is 1. The summed E-state index contributed by atoms with van der Waals surface area (Å²) >= 11 is 0. The van der Waals surface area contributed by atoms with Crippen LogP contribution in [0.5, 0.6) is 0 Å². The van der Waals surface area contributed by atoms with E-state index in [1.807, 2.05) is 0 Å². The van der Waals surface area contributed by atoms with E-state index in [0.717, 1.165) is 0 Å². The van der Waals surface area contributed by atoms with E-state index < -0.39 is 17.7 Å². The molecule has 0 fully saturated rings. The molecule has 0 saturated carbocycles. The van der Waals surface area contributed by atoms with E-state index >= 15 is 0 Å². The number of amidine groups is 1. The van der Waals surface area contributed by atoms with Crippen LogP contribution in [0.15, 0.2) is 69.8 Å². The van der Waals surface area contributed by atoms with Crippen molar-refractivity contribution in [2.75, 3.05) is 0 Å².